The standard InChI is InChI=1S/C26H31N3O4S/c1-16-3-7-22(8-4-16)29-34(32,33)23-12-21(6-5-17(23)2)24(30)27-28-25(31)26-13-18-9-19(14-26)11-20(10-18)15-26/h3-8,12,18-20,29H,9-11,13-15H2,1-2H3,(H,27,30)(H,28,31). The summed E-state index contributed by atoms with van der Waals surface area (Å²) in [5, 5.41) is 0. The minimum atomic E-state index is -3.89. The van der Waals surface area contributed by atoms with Crippen LogP contribution in [-0.2, 0) is 14.8 Å². The molecule has 180 valence electrons. The van der Waals surface area contributed by atoms with Gasteiger partial charge in [-0.15, -0.1) is 0 Å². The molecule has 2 aromatic rings. The Morgan fingerprint density at radius 1 is 0.853 bits per heavy atom. The summed E-state index contributed by atoms with van der Waals surface area (Å²) >= 11 is 0. The summed E-state index contributed by atoms with van der Waals surface area (Å²) in [7, 11) is -3.89. The lowest BCUT2D eigenvalue weighted by Gasteiger charge is -2.55. The van der Waals surface area contributed by atoms with Crippen molar-refractivity contribution < 1.29 is 18.0 Å². The molecule has 0 radical (unpaired) electrons. The van der Waals surface area contributed by atoms with E-state index >= 15 is 0 Å². The van der Waals surface area contributed by atoms with Crippen LogP contribution in [0.15, 0.2) is 47.4 Å². The maximum Gasteiger partial charge on any atom is 0.269 e. The third-order valence-electron chi connectivity index (χ3n) is 7.85. The molecule has 0 heterocycles. The van der Waals surface area contributed by atoms with Crippen LogP contribution in [0.3, 0.4) is 0 Å². The van der Waals surface area contributed by atoms with E-state index in [-0.39, 0.29) is 21.8 Å². The summed E-state index contributed by atoms with van der Waals surface area (Å²) in [4.78, 5) is 26.0. The fourth-order valence-corrected chi connectivity index (χ4v) is 7.90. The number of carbonyl (C=O) groups excluding carboxylic acids is 2. The molecule has 34 heavy (non-hydrogen) atoms. The molecule has 4 aliphatic carbocycles. The molecule has 0 saturated heterocycles. The van der Waals surface area contributed by atoms with Crippen molar-refractivity contribution in [1.82, 2.24) is 10.9 Å². The fourth-order valence-electron chi connectivity index (χ4n) is 6.57. The number of hydrazine groups is 1. The van der Waals surface area contributed by atoms with Gasteiger partial charge < -0.3 is 0 Å². The highest BCUT2D eigenvalue weighted by atomic mass is 32.2. The molecule has 3 N–H and O–H groups in total. The summed E-state index contributed by atoms with van der Waals surface area (Å²) in [6.07, 6.45) is 6.40. The zero-order valence-electron chi connectivity index (χ0n) is 19.6. The smallest absolute Gasteiger partial charge is 0.269 e. The first-order valence-corrected chi connectivity index (χ1v) is 13.4. The number of amides is 2. The minimum absolute atomic E-state index is 0.0214. The van der Waals surface area contributed by atoms with Crippen molar-refractivity contribution in [1.29, 1.82) is 0 Å². The summed E-state index contributed by atoms with van der Waals surface area (Å²) in [5.74, 6) is 1.22. The lowest BCUT2D eigenvalue weighted by molar-refractivity contribution is -0.147. The van der Waals surface area contributed by atoms with E-state index in [1.54, 1.807) is 31.2 Å². The third kappa shape index (κ3) is 4.31. The van der Waals surface area contributed by atoms with Gasteiger partial charge >= 0.3 is 0 Å². The van der Waals surface area contributed by atoms with Crippen molar-refractivity contribution in [2.24, 2.45) is 23.2 Å². The van der Waals surface area contributed by atoms with E-state index < -0.39 is 15.9 Å². The van der Waals surface area contributed by atoms with E-state index in [1.807, 2.05) is 19.1 Å². The Labute approximate surface area is 200 Å². The second-order valence-corrected chi connectivity index (χ2v) is 12.2. The first-order chi connectivity index (χ1) is 16.1. The van der Waals surface area contributed by atoms with E-state index in [2.05, 4.69) is 15.6 Å². The van der Waals surface area contributed by atoms with Gasteiger partial charge in [-0.05, 0) is 100.0 Å². The number of aryl methyl sites for hydroxylation is 2. The predicted octanol–water partition coefficient (Wildman–Crippen LogP) is 4.08. The number of hydrogen-bond donors (Lipinski definition) is 3. The average Bonchev–Trinajstić information content (AvgIpc) is 2.78. The van der Waals surface area contributed by atoms with Crippen LogP contribution in [-0.4, -0.2) is 20.2 Å². The molecule has 0 spiro atoms. The molecule has 2 aromatic carbocycles. The number of benzene rings is 2. The molecule has 0 aliphatic heterocycles. The number of sulfonamides is 1. The lowest BCUT2D eigenvalue weighted by Crippen LogP contribution is -2.56. The summed E-state index contributed by atoms with van der Waals surface area (Å²) in [6, 6.07) is 11.5. The molecule has 0 unspecified atom stereocenters. The molecule has 2 amide bonds. The first kappa shape index (κ1) is 22.9. The van der Waals surface area contributed by atoms with Gasteiger partial charge in [0.15, 0.2) is 0 Å². The Morgan fingerprint density at radius 3 is 2.03 bits per heavy atom. The molecule has 7 nitrogen and oxygen atoms in total. The third-order valence-corrected chi connectivity index (χ3v) is 9.38. The highest BCUT2D eigenvalue weighted by Crippen LogP contribution is 2.60. The molecule has 0 atom stereocenters. The van der Waals surface area contributed by atoms with Crippen LogP contribution in [0.5, 0.6) is 0 Å². The molecular weight excluding hydrogens is 450 g/mol. The monoisotopic (exact) mass is 481 g/mol. The normalized spacial score (nSPS) is 27.3. The molecule has 8 heteroatoms. The van der Waals surface area contributed by atoms with Gasteiger partial charge in [0.05, 0.1) is 10.3 Å². The summed E-state index contributed by atoms with van der Waals surface area (Å²) in [5.41, 5.74) is 6.96. The average molecular weight is 482 g/mol. The van der Waals surface area contributed by atoms with Crippen LogP contribution in [0.2, 0.25) is 0 Å². The molecule has 4 aliphatic rings. The van der Waals surface area contributed by atoms with Gasteiger partial charge in [0.1, 0.15) is 0 Å². The van der Waals surface area contributed by atoms with Gasteiger partial charge in [-0.2, -0.15) is 0 Å². The van der Waals surface area contributed by atoms with Crippen molar-refractivity contribution in [3.8, 4) is 0 Å². The quantitative estimate of drug-likeness (QED) is 0.560. The fraction of sp³-hybridized carbons (Fsp3) is 0.462. The van der Waals surface area contributed by atoms with Crippen LogP contribution < -0.4 is 15.6 Å². The maximum atomic E-state index is 13.1. The van der Waals surface area contributed by atoms with E-state index in [9.17, 15) is 18.0 Å². The SMILES string of the molecule is Cc1ccc(NS(=O)(=O)c2cc(C(=O)NNC(=O)C34CC5CC(CC(C5)C3)C4)ccc2C)cc1. The van der Waals surface area contributed by atoms with Crippen LogP contribution in [0.25, 0.3) is 0 Å². The van der Waals surface area contributed by atoms with Gasteiger partial charge in [0.25, 0.3) is 15.9 Å². The highest BCUT2D eigenvalue weighted by molar-refractivity contribution is 7.92. The molecule has 0 aromatic heterocycles. The number of anilines is 1. The van der Waals surface area contributed by atoms with Gasteiger partial charge in [-0.3, -0.25) is 25.2 Å². The number of rotatable bonds is 5. The Balaban J connectivity index is 1.28. The maximum absolute atomic E-state index is 13.1. The Morgan fingerprint density at radius 2 is 1.44 bits per heavy atom. The second-order valence-electron chi connectivity index (χ2n) is 10.6. The van der Waals surface area contributed by atoms with Crippen LogP contribution in [0.1, 0.15) is 60.0 Å². The topological polar surface area (TPSA) is 104 Å². The summed E-state index contributed by atoms with van der Waals surface area (Å²) in [6.45, 7) is 3.60. The van der Waals surface area contributed by atoms with Crippen LogP contribution in [0.4, 0.5) is 5.69 Å². The van der Waals surface area contributed by atoms with Crippen molar-refractivity contribution in [2.75, 3.05) is 4.72 Å². The zero-order chi connectivity index (χ0) is 24.1. The Kier molecular flexibility index (Phi) is 5.67. The van der Waals surface area contributed by atoms with E-state index in [4.69, 9.17) is 0 Å². The summed E-state index contributed by atoms with van der Waals surface area (Å²) < 4.78 is 28.6. The van der Waals surface area contributed by atoms with E-state index in [0.29, 0.717) is 29.0 Å². The second kappa shape index (κ2) is 8.41. The number of nitrogens with one attached hydrogen (secondary N) is 3. The highest BCUT2D eigenvalue weighted by Gasteiger charge is 2.54. The Hall–Kier alpha value is -2.87. The lowest BCUT2D eigenvalue weighted by atomic mass is 9.49. The van der Waals surface area contributed by atoms with Gasteiger partial charge in [0.2, 0.25) is 5.91 Å². The number of carbonyl (C=O) groups is 2. The molecule has 4 fully saturated rings. The van der Waals surface area contributed by atoms with Crippen molar-refractivity contribution in [3.05, 3.63) is 59.2 Å². The molecule has 4 bridgehead atoms. The van der Waals surface area contributed by atoms with Crippen molar-refractivity contribution >= 4 is 27.5 Å². The van der Waals surface area contributed by atoms with E-state index in [0.717, 1.165) is 24.8 Å². The molecule has 4 saturated carbocycles. The predicted molar refractivity (Wildman–Crippen MR) is 129 cm³/mol. The van der Waals surface area contributed by atoms with E-state index in [1.165, 1.54) is 25.3 Å². The van der Waals surface area contributed by atoms with Gasteiger partial charge in [-0.25, -0.2) is 8.42 Å². The molecular formula is C26H31N3O4S. The van der Waals surface area contributed by atoms with Gasteiger partial charge in [-0.1, -0.05) is 23.8 Å². The largest absolute Gasteiger partial charge is 0.280 e. The number of hydrogen-bond acceptors (Lipinski definition) is 4. The van der Waals surface area contributed by atoms with Crippen LogP contribution in [0, 0.1) is 37.0 Å². The van der Waals surface area contributed by atoms with Gasteiger partial charge in [0, 0.05) is 11.3 Å². The Bertz CT molecular complexity index is 1200. The first-order valence-electron chi connectivity index (χ1n) is 11.9. The van der Waals surface area contributed by atoms with Crippen molar-refractivity contribution in [3.63, 3.8) is 0 Å². The minimum Gasteiger partial charge on any atom is -0.280 e. The van der Waals surface area contributed by atoms with Crippen molar-refractivity contribution in [2.45, 2.75) is 57.3 Å². The zero-order valence-corrected chi connectivity index (χ0v) is 20.4. The van der Waals surface area contributed by atoms with Crippen LogP contribution >= 0.6 is 0 Å². The molecule has 6 rings (SSSR count).